The van der Waals surface area contributed by atoms with Crippen LogP contribution in [0.5, 0.6) is 0 Å². The molecule has 2 atom stereocenters. The molecular weight excluding hydrogens is 333 g/mol. The van der Waals surface area contributed by atoms with Crippen LogP contribution in [0.1, 0.15) is 12.5 Å². The average molecular weight is 348 g/mol. The summed E-state index contributed by atoms with van der Waals surface area (Å²) in [5.41, 5.74) is -2.23. The van der Waals surface area contributed by atoms with Crippen LogP contribution in [0.3, 0.4) is 0 Å². The van der Waals surface area contributed by atoms with E-state index in [1.807, 2.05) is 0 Å². The molecule has 24 heavy (non-hydrogen) atoms. The van der Waals surface area contributed by atoms with Gasteiger partial charge in [0.1, 0.15) is 5.56 Å². The summed E-state index contributed by atoms with van der Waals surface area (Å²) in [6.07, 6.45) is -6.23. The van der Waals surface area contributed by atoms with E-state index in [0.29, 0.717) is 6.07 Å². The number of hydrogen-bond donors (Lipinski definition) is 0. The maximum Gasteiger partial charge on any atom is 0.423 e. The van der Waals surface area contributed by atoms with Gasteiger partial charge in [0.25, 0.3) is 5.69 Å². The summed E-state index contributed by atoms with van der Waals surface area (Å²) in [6, 6.07) is 2.75. The SMILES string of the molecule is COC(=O)C1CN(c2ccc([N+](=O)[O-])c(C(F)(F)F)c2)C[C@@H](C)O1. The van der Waals surface area contributed by atoms with Crippen molar-refractivity contribution < 1.29 is 32.4 Å². The predicted octanol–water partition coefficient (Wildman–Crippen LogP) is 2.38. The Labute approximate surface area is 135 Å². The minimum absolute atomic E-state index is 0.00782. The molecule has 1 aliphatic heterocycles. The van der Waals surface area contributed by atoms with Crippen LogP contribution in [0.2, 0.25) is 0 Å². The van der Waals surface area contributed by atoms with Crippen molar-refractivity contribution in [2.45, 2.75) is 25.3 Å². The van der Waals surface area contributed by atoms with Gasteiger partial charge in [-0.25, -0.2) is 4.79 Å². The van der Waals surface area contributed by atoms with Crippen molar-refractivity contribution in [1.82, 2.24) is 0 Å². The topological polar surface area (TPSA) is 81.9 Å². The molecule has 10 heteroatoms. The maximum atomic E-state index is 13.1. The van der Waals surface area contributed by atoms with Gasteiger partial charge in [-0.3, -0.25) is 10.1 Å². The molecule has 1 aliphatic rings. The molecule has 0 radical (unpaired) electrons. The van der Waals surface area contributed by atoms with Crippen molar-refractivity contribution in [1.29, 1.82) is 0 Å². The van der Waals surface area contributed by atoms with Gasteiger partial charge in [0.2, 0.25) is 0 Å². The summed E-state index contributed by atoms with van der Waals surface area (Å²) in [5.74, 6) is -0.635. The first-order chi connectivity index (χ1) is 11.1. The summed E-state index contributed by atoms with van der Waals surface area (Å²) in [6.45, 7) is 1.90. The van der Waals surface area contributed by atoms with Crippen LogP contribution in [-0.4, -0.2) is 43.3 Å². The molecule has 1 fully saturated rings. The highest BCUT2D eigenvalue weighted by Crippen LogP contribution is 2.38. The zero-order valence-corrected chi connectivity index (χ0v) is 12.9. The predicted molar refractivity (Wildman–Crippen MR) is 76.7 cm³/mol. The van der Waals surface area contributed by atoms with Gasteiger partial charge in [-0.2, -0.15) is 13.2 Å². The number of anilines is 1. The van der Waals surface area contributed by atoms with E-state index in [2.05, 4.69) is 4.74 Å². The number of morpholine rings is 1. The molecule has 1 saturated heterocycles. The third-order valence-corrected chi connectivity index (χ3v) is 3.57. The fourth-order valence-corrected chi connectivity index (χ4v) is 2.53. The number of methoxy groups -OCH3 is 1. The molecule has 132 valence electrons. The monoisotopic (exact) mass is 348 g/mol. The summed E-state index contributed by atoms with van der Waals surface area (Å²) in [5, 5.41) is 10.8. The molecule has 0 bridgehead atoms. The molecule has 0 spiro atoms. The summed E-state index contributed by atoms with van der Waals surface area (Å²) < 4.78 is 49.2. The van der Waals surface area contributed by atoms with E-state index in [-0.39, 0.29) is 18.8 Å². The Bertz CT molecular complexity index is 650. The standard InChI is InChI=1S/C14H15F3N2O5/c1-8-6-18(7-12(24-8)13(20)23-2)9-3-4-11(19(21)22)10(5-9)14(15,16)17/h3-5,8,12H,6-7H2,1-2H3/t8-,12?/m1/s1. The fraction of sp³-hybridized carbons (Fsp3) is 0.500. The second kappa shape index (κ2) is 6.63. The van der Waals surface area contributed by atoms with E-state index in [4.69, 9.17) is 4.74 Å². The summed E-state index contributed by atoms with van der Waals surface area (Å²) >= 11 is 0. The first-order valence-corrected chi connectivity index (χ1v) is 6.97. The highest BCUT2D eigenvalue weighted by atomic mass is 19.4. The van der Waals surface area contributed by atoms with Crippen molar-refractivity contribution in [3.63, 3.8) is 0 Å². The first kappa shape index (κ1) is 18.0. The van der Waals surface area contributed by atoms with E-state index >= 15 is 0 Å². The zero-order valence-electron chi connectivity index (χ0n) is 12.9. The minimum Gasteiger partial charge on any atom is -0.467 e. The third-order valence-electron chi connectivity index (χ3n) is 3.57. The van der Waals surface area contributed by atoms with Crippen LogP contribution in [0, 0.1) is 10.1 Å². The lowest BCUT2D eigenvalue weighted by Crippen LogP contribution is -2.50. The molecule has 0 aliphatic carbocycles. The fourth-order valence-electron chi connectivity index (χ4n) is 2.53. The van der Waals surface area contributed by atoms with Crippen molar-refractivity contribution in [3.8, 4) is 0 Å². The van der Waals surface area contributed by atoms with Crippen molar-refractivity contribution in [3.05, 3.63) is 33.9 Å². The number of ether oxygens (including phenoxy) is 2. The molecule has 1 heterocycles. The number of benzene rings is 1. The Morgan fingerprint density at radius 2 is 2.08 bits per heavy atom. The number of nitro groups is 1. The van der Waals surface area contributed by atoms with Crippen LogP contribution in [0.15, 0.2) is 18.2 Å². The Hall–Kier alpha value is -2.36. The van der Waals surface area contributed by atoms with Gasteiger partial charge in [-0.15, -0.1) is 0 Å². The van der Waals surface area contributed by atoms with Gasteiger partial charge in [0.05, 0.1) is 24.7 Å². The summed E-state index contributed by atoms with van der Waals surface area (Å²) in [4.78, 5) is 22.8. The second-order valence-electron chi connectivity index (χ2n) is 5.32. The van der Waals surface area contributed by atoms with Crippen LogP contribution in [-0.2, 0) is 20.4 Å². The lowest BCUT2D eigenvalue weighted by atomic mass is 10.1. The lowest BCUT2D eigenvalue weighted by Gasteiger charge is -2.37. The van der Waals surface area contributed by atoms with Gasteiger partial charge in [-0.05, 0) is 19.1 Å². The smallest absolute Gasteiger partial charge is 0.423 e. The Morgan fingerprint density at radius 3 is 2.62 bits per heavy atom. The van der Waals surface area contributed by atoms with Crippen molar-refractivity contribution in [2.75, 3.05) is 25.1 Å². The number of halogens is 3. The van der Waals surface area contributed by atoms with Gasteiger partial charge in [-0.1, -0.05) is 0 Å². The van der Waals surface area contributed by atoms with E-state index < -0.39 is 40.5 Å². The molecule has 0 N–H and O–H groups in total. The molecule has 7 nitrogen and oxygen atoms in total. The number of alkyl halides is 3. The van der Waals surface area contributed by atoms with Crippen LogP contribution < -0.4 is 4.90 Å². The molecular formula is C14H15F3N2O5. The van der Waals surface area contributed by atoms with Crippen LogP contribution in [0.4, 0.5) is 24.5 Å². The molecule has 0 aromatic heterocycles. The number of nitrogens with zero attached hydrogens (tertiary/aromatic N) is 2. The second-order valence-corrected chi connectivity index (χ2v) is 5.32. The van der Waals surface area contributed by atoms with E-state index in [1.54, 1.807) is 6.92 Å². The Kier molecular flexibility index (Phi) is 4.97. The largest absolute Gasteiger partial charge is 0.467 e. The summed E-state index contributed by atoms with van der Waals surface area (Å²) in [7, 11) is 1.18. The molecule has 0 amide bonds. The number of carbonyl (C=O) groups is 1. The van der Waals surface area contributed by atoms with E-state index in [9.17, 15) is 28.1 Å². The van der Waals surface area contributed by atoms with Crippen LogP contribution in [0.25, 0.3) is 0 Å². The maximum absolute atomic E-state index is 13.1. The number of nitro benzene ring substituents is 1. The van der Waals surface area contributed by atoms with Gasteiger partial charge >= 0.3 is 12.1 Å². The molecule has 1 aromatic rings. The molecule has 1 unspecified atom stereocenters. The highest BCUT2D eigenvalue weighted by molar-refractivity contribution is 5.76. The van der Waals surface area contributed by atoms with Gasteiger partial charge < -0.3 is 14.4 Å². The lowest BCUT2D eigenvalue weighted by molar-refractivity contribution is -0.388. The Balaban J connectivity index is 2.37. The van der Waals surface area contributed by atoms with Crippen LogP contribution >= 0.6 is 0 Å². The van der Waals surface area contributed by atoms with Gasteiger partial charge in [0, 0.05) is 18.3 Å². The Morgan fingerprint density at radius 1 is 1.42 bits per heavy atom. The van der Waals surface area contributed by atoms with E-state index in [1.165, 1.54) is 18.1 Å². The number of rotatable bonds is 3. The third kappa shape index (κ3) is 3.75. The zero-order chi connectivity index (χ0) is 18.1. The molecule has 1 aromatic carbocycles. The minimum atomic E-state index is -4.86. The number of carbonyl (C=O) groups excluding carboxylic acids is 1. The van der Waals surface area contributed by atoms with Gasteiger partial charge in [0.15, 0.2) is 6.10 Å². The molecule has 0 saturated carbocycles. The van der Waals surface area contributed by atoms with Crippen molar-refractivity contribution >= 4 is 17.3 Å². The van der Waals surface area contributed by atoms with E-state index in [0.717, 1.165) is 6.07 Å². The number of hydrogen-bond acceptors (Lipinski definition) is 6. The average Bonchev–Trinajstić information content (AvgIpc) is 2.52. The first-order valence-electron chi connectivity index (χ1n) is 6.97. The highest BCUT2D eigenvalue weighted by Gasteiger charge is 2.39. The normalized spacial score (nSPS) is 21.5. The quantitative estimate of drug-likeness (QED) is 0.474. The molecule has 2 rings (SSSR count). The van der Waals surface area contributed by atoms with Crippen molar-refractivity contribution in [2.24, 2.45) is 0 Å². The number of esters is 1.